The number of rotatable bonds is 9. The summed E-state index contributed by atoms with van der Waals surface area (Å²) < 4.78 is 18.7. The molecule has 4 nitrogen and oxygen atoms in total. The van der Waals surface area contributed by atoms with Crippen molar-refractivity contribution in [3.63, 3.8) is 0 Å². The molecule has 0 atom stereocenters. The molecule has 0 saturated heterocycles. The van der Waals surface area contributed by atoms with Crippen molar-refractivity contribution in [1.29, 1.82) is 0 Å². The largest absolute Gasteiger partial charge is 0.383 e. The van der Waals surface area contributed by atoms with Crippen LogP contribution in [0.25, 0.3) is 0 Å². The molecule has 0 spiro atoms. The molecule has 0 aliphatic carbocycles. The number of aromatic nitrogens is 1. The van der Waals surface area contributed by atoms with E-state index in [4.69, 9.17) is 4.74 Å². The lowest BCUT2D eigenvalue weighted by atomic mass is 10.1. The Morgan fingerprint density at radius 2 is 2.05 bits per heavy atom. The van der Waals surface area contributed by atoms with Gasteiger partial charge in [-0.2, -0.15) is 0 Å². The Morgan fingerprint density at radius 1 is 1.33 bits per heavy atom. The zero-order chi connectivity index (χ0) is 15.8. The van der Waals surface area contributed by atoms with E-state index in [9.17, 15) is 4.39 Å². The molecule has 21 heavy (non-hydrogen) atoms. The summed E-state index contributed by atoms with van der Waals surface area (Å²) >= 11 is 0. The van der Waals surface area contributed by atoms with Crippen LogP contribution >= 0.6 is 0 Å². The lowest BCUT2D eigenvalue weighted by Gasteiger charge is -2.27. The van der Waals surface area contributed by atoms with Crippen molar-refractivity contribution >= 4 is 5.82 Å². The molecule has 0 aliphatic heterocycles. The molecule has 0 saturated carbocycles. The van der Waals surface area contributed by atoms with Crippen LogP contribution in [0.1, 0.15) is 33.3 Å². The fourth-order valence-corrected chi connectivity index (χ4v) is 2.13. The van der Waals surface area contributed by atoms with Crippen LogP contribution in [0.3, 0.4) is 0 Å². The van der Waals surface area contributed by atoms with Crippen molar-refractivity contribution in [1.82, 2.24) is 10.3 Å². The van der Waals surface area contributed by atoms with Gasteiger partial charge in [0.15, 0.2) is 0 Å². The highest BCUT2D eigenvalue weighted by Gasteiger charge is 2.15. The Bertz CT molecular complexity index is 424. The zero-order valence-electron chi connectivity index (χ0n) is 13.8. The number of hydrogen-bond acceptors (Lipinski definition) is 4. The molecule has 0 aromatic carbocycles. The van der Waals surface area contributed by atoms with E-state index in [1.54, 1.807) is 13.2 Å². The Kier molecular flexibility index (Phi) is 7.61. The number of pyridine rings is 1. The molecule has 1 N–H and O–H groups in total. The van der Waals surface area contributed by atoms with Gasteiger partial charge in [-0.3, -0.25) is 0 Å². The fraction of sp³-hybridized carbons (Fsp3) is 0.688. The molecule has 1 aromatic rings. The maximum Gasteiger partial charge on any atom is 0.141 e. The van der Waals surface area contributed by atoms with Crippen molar-refractivity contribution in [3.05, 3.63) is 23.6 Å². The molecule has 0 amide bonds. The van der Waals surface area contributed by atoms with E-state index in [2.05, 4.69) is 42.9 Å². The normalized spacial score (nSPS) is 11.4. The summed E-state index contributed by atoms with van der Waals surface area (Å²) in [6.45, 7) is 11.3. The molecule has 0 radical (unpaired) electrons. The van der Waals surface area contributed by atoms with Gasteiger partial charge >= 0.3 is 0 Å². The van der Waals surface area contributed by atoms with Gasteiger partial charge in [0.2, 0.25) is 0 Å². The topological polar surface area (TPSA) is 37.4 Å². The molecule has 1 aromatic heterocycles. The van der Waals surface area contributed by atoms with Crippen molar-refractivity contribution in [2.75, 3.05) is 31.7 Å². The second-order valence-corrected chi connectivity index (χ2v) is 6.00. The van der Waals surface area contributed by atoms with Crippen LogP contribution in [-0.4, -0.2) is 37.8 Å². The summed E-state index contributed by atoms with van der Waals surface area (Å²) in [6.07, 6.45) is 1.29. The first kappa shape index (κ1) is 17.9. The van der Waals surface area contributed by atoms with Gasteiger partial charge in [-0.15, -0.1) is 0 Å². The van der Waals surface area contributed by atoms with Crippen LogP contribution in [0, 0.1) is 11.7 Å². The van der Waals surface area contributed by atoms with Gasteiger partial charge in [0.25, 0.3) is 0 Å². The van der Waals surface area contributed by atoms with Gasteiger partial charge in [-0.1, -0.05) is 27.7 Å². The minimum Gasteiger partial charge on any atom is -0.383 e. The minimum absolute atomic E-state index is 0.296. The number of methoxy groups -OCH3 is 1. The van der Waals surface area contributed by atoms with E-state index in [-0.39, 0.29) is 5.82 Å². The zero-order valence-corrected chi connectivity index (χ0v) is 13.8. The van der Waals surface area contributed by atoms with Gasteiger partial charge in [0, 0.05) is 38.3 Å². The number of halogens is 1. The Balaban J connectivity index is 2.98. The van der Waals surface area contributed by atoms with Gasteiger partial charge in [-0.05, 0) is 12.0 Å². The Morgan fingerprint density at radius 3 is 2.62 bits per heavy atom. The van der Waals surface area contributed by atoms with Crippen LogP contribution in [0.4, 0.5) is 10.2 Å². The number of ether oxygens (including phenoxy) is 1. The van der Waals surface area contributed by atoms with Crippen molar-refractivity contribution in [2.45, 2.75) is 40.3 Å². The summed E-state index contributed by atoms with van der Waals surface area (Å²) in [4.78, 5) is 6.49. The van der Waals surface area contributed by atoms with E-state index < -0.39 is 0 Å². The Labute approximate surface area is 127 Å². The standard InChI is InChI=1S/C16H28FN3O/c1-12(2)11-20(6-7-21-5)16-14(9-18-13(3)4)8-15(17)10-19-16/h8,10,12-13,18H,6-7,9,11H2,1-5H3. The van der Waals surface area contributed by atoms with Gasteiger partial charge < -0.3 is 15.0 Å². The third kappa shape index (κ3) is 6.40. The van der Waals surface area contributed by atoms with Crippen LogP contribution in [0.5, 0.6) is 0 Å². The van der Waals surface area contributed by atoms with E-state index in [1.165, 1.54) is 6.20 Å². The quantitative estimate of drug-likeness (QED) is 0.760. The predicted octanol–water partition coefficient (Wildman–Crippen LogP) is 2.83. The fourth-order valence-electron chi connectivity index (χ4n) is 2.13. The maximum atomic E-state index is 13.5. The second-order valence-electron chi connectivity index (χ2n) is 6.00. The van der Waals surface area contributed by atoms with Gasteiger partial charge in [0.05, 0.1) is 12.8 Å². The highest BCUT2D eigenvalue weighted by molar-refractivity contribution is 5.47. The molecule has 120 valence electrons. The summed E-state index contributed by atoms with van der Waals surface area (Å²) in [7, 11) is 1.69. The van der Waals surface area contributed by atoms with Crippen LogP contribution in [0.2, 0.25) is 0 Å². The average molecular weight is 297 g/mol. The lowest BCUT2D eigenvalue weighted by Crippen LogP contribution is -2.33. The van der Waals surface area contributed by atoms with E-state index in [0.717, 1.165) is 24.5 Å². The highest BCUT2D eigenvalue weighted by atomic mass is 19.1. The molecule has 0 aliphatic rings. The van der Waals surface area contributed by atoms with Crippen LogP contribution < -0.4 is 10.2 Å². The molecule has 1 heterocycles. The first-order valence-corrected chi connectivity index (χ1v) is 7.55. The molecule has 0 bridgehead atoms. The SMILES string of the molecule is COCCN(CC(C)C)c1ncc(F)cc1CNC(C)C. The number of hydrogen-bond donors (Lipinski definition) is 1. The van der Waals surface area contributed by atoms with Crippen molar-refractivity contribution < 1.29 is 9.13 Å². The number of anilines is 1. The Hall–Kier alpha value is -1.20. The monoisotopic (exact) mass is 297 g/mol. The van der Waals surface area contributed by atoms with Crippen LogP contribution in [-0.2, 0) is 11.3 Å². The highest BCUT2D eigenvalue weighted by Crippen LogP contribution is 2.20. The molecule has 0 fully saturated rings. The minimum atomic E-state index is -0.296. The first-order chi connectivity index (χ1) is 9.93. The summed E-state index contributed by atoms with van der Waals surface area (Å²) in [5.41, 5.74) is 0.889. The first-order valence-electron chi connectivity index (χ1n) is 7.55. The molecule has 1 rings (SSSR count). The molecular weight excluding hydrogens is 269 g/mol. The predicted molar refractivity (Wildman–Crippen MR) is 85.1 cm³/mol. The smallest absolute Gasteiger partial charge is 0.141 e. The van der Waals surface area contributed by atoms with Crippen molar-refractivity contribution in [2.24, 2.45) is 5.92 Å². The van der Waals surface area contributed by atoms with Crippen molar-refractivity contribution in [3.8, 4) is 0 Å². The second kappa shape index (κ2) is 8.95. The maximum absolute atomic E-state index is 13.5. The van der Waals surface area contributed by atoms with Crippen LogP contribution in [0.15, 0.2) is 12.3 Å². The lowest BCUT2D eigenvalue weighted by molar-refractivity contribution is 0.204. The molecular formula is C16H28FN3O. The summed E-state index contributed by atoms with van der Waals surface area (Å²) in [6, 6.07) is 1.91. The van der Waals surface area contributed by atoms with E-state index in [1.807, 2.05) is 0 Å². The molecule has 5 heteroatoms. The summed E-state index contributed by atoms with van der Waals surface area (Å²) in [5.74, 6) is 1.05. The molecule has 0 unspecified atom stereocenters. The number of nitrogens with zero attached hydrogens (tertiary/aromatic N) is 2. The van der Waals surface area contributed by atoms with Gasteiger partial charge in [-0.25, -0.2) is 9.37 Å². The summed E-state index contributed by atoms with van der Waals surface area (Å²) in [5, 5.41) is 3.33. The number of nitrogens with one attached hydrogen (secondary N) is 1. The third-order valence-electron chi connectivity index (χ3n) is 3.06. The van der Waals surface area contributed by atoms with E-state index >= 15 is 0 Å². The van der Waals surface area contributed by atoms with Gasteiger partial charge in [0.1, 0.15) is 11.6 Å². The van der Waals surface area contributed by atoms with E-state index in [0.29, 0.717) is 25.1 Å². The third-order valence-corrected chi connectivity index (χ3v) is 3.06. The average Bonchev–Trinajstić information content (AvgIpc) is 2.41.